The maximum Gasteiger partial charge on any atom is 0.416 e. The Labute approximate surface area is 189 Å². The van der Waals surface area contributed by atoms with Crippen LogP contribution >= 0.6 is 23.4 Å². The van der Waals surface area contributed by atoms with Gasteiger partial charge in [-0.2, -0.15) is 18.3 Å². The number of carbonyl (C=O) groups is 2. The van der Waals surface area contributed by atoms with Crippen LogP contribution in [0.5, 0.6) is 5.75 Å². The minimum absolute atomic E-state index is 0.121. The Morgan fingerprint density at radius 2 is 2.06 bits per heavy atom. The Kier molecular flexibility index (Phi) is 7.41. The van der Waals surface area contributed by atoms with Crippen molar-refractivity contribution >= 4 is 46.6 Å². The number of alkyl halides is 3. The highest BCUT2D eigenvalue weighted by atomic mass is 35.5. The number of amidine groups is 1. The van der Waals surface area contributed by atoms with E-state index in [2.05, 4.69) is 15.5 Å². The predicted molar refractivity (Wildman–Crippen MR) is 114 cm³/mol. The number of nitrogens with one attached hydrogen (secondary N) is 1. The summed E-state index contributed by atoms with van der Waals surface area (Å²) in [5.41, 5.74) is -0.0395. The van der Waals surface area contributed by atoms with E-state index >= 15 is 0 Å². The molecule has 1 fully saturated rings. The van der Waals surface area contributed by atoms with Gasteiger partial charge in [0.05, 0.1) is 18.2 Å². The fourth-order valence-corrected chi connectivity index (χ4v) is 3.73. The third-order valence-electron chi connectivity index (χ3n) is 4.10. The van der Waals surface area contributed by atoms with E-state index in [4.69, 9.17) is 21.4 Å². The zero-order chi connectivity index (χ0) is 23.3. The minimum atomic E-state index is -4.45. The SMILES string of the molecule is O=C(O)CC1SC(=NN=Cc2cc(Cl)ccc2OCc2cccc(C(F)(F)F)c2)NC1=O. The van der Waals surface area contributed by atoms with Crippen molar-refractivity contribution in [1.29, 1.82) is 0 Å². The van der Waals surface area contributed by atoms with Gasteiger partial charge in [-0.1, -0.05) is 35.5 Å². The molecule has 7 nitrogen and oxygen atoms in total. The molecule has 1 aliphatic heterocycles. The monoisotopic (exact) mass is 485 g/mol. The first-order chi connectivity index (χ1) is 15.1. The van der Waals surface area contributed by atoms with Gasteiger partial charge in [-0.3, -0.25) is 9.59 Å². The van der Waals surface area contributed by atoms with Crippen molar-refractivity contribution in [3.8, 4) is 5.75 Å². The summed E-state index contributed by atoms with van der Waals surface area (Å²) >= 11 is 6.95. The van der Waals surface area contributed by atoms with Gasteiger partial charge >= 0.3 is 12.1 Å². The highest BCUT2D eigenvalue weighted by Gasteiger charge is 2.32. The Balaban J connectivity index is 1.71. The van der Waals surface area contributed by atoms with E-state index in [9.17, 15) is 22.8 Å². The number of carboxylic acids is 1. The van der Waals surface area contributed by atoms with Crippen LogP contribution in [0, 0.1) is 0 Å². The zero-order valence-corrected chi connectivity index (χ0v) is 17.7. The van der Waals surface area contributed by atoms with Crippen molar-refractivity contribution in [1.82, 2.24) is 5.32 Å². The van der Waals surface area contributed by atoms with Crippen molar-refractivity contribution in [3.63, 3.8) is 0 Å². The highest BCUT2D eigenvalue weighted by molar-refractivity contribution is 8.15. The summed E-state index contributed by atoms with van der Waals surface area (Å²) in [5, 5.41) is 18.7. The lowest BCUT2D eigenvalue weighted by Gasteiger charge is -2.11. The topological polar surface area (TPSA) is 100 Å². The number of thioether (sulfide) groups is 1. The Morgan fingerprint density at radius 1 is 1.28 bits per heavy atom. The van der Waals surface area contributed by atoms with Crippen LogP contribution in [0.4, 0.5) is 13.2 Å². The second kappa shape index (κ2) is 10.0. The van der Waals surface area contributed by atoms with Gasteiger partial charge < -0.3 is 15.2 Å². The van der Waals surface area contributed by atoms with E-state index < -0.39 is 28.9 Å². The van der Waals surface area contributed by atoms with E-state index in [0.717, 1.165) is 23.9 Å². The molecule has 168 valence electrons. The molecule has 1 amide bonds. The number of carboxylic acid groups (broad SMARTS) is 1. The molecule has 1 saturated heterocycles. The zero-order valence-electron chi connectivity index (χ0n) is 16.1. The Morgan fingerprint density at radius 3 is 2.78 bits per heavy atom. The van der Waals surface area contributed by atoms with Crippen LogP contribution in [0.25, 0.3) is 0 Å². The second-order valence-electron chi connectivity index (χ2n) is 6.51. The van der Waals surface area contributed by atoms with E-state index in [1.807, 2.05) is 0 Å². The average molecular weight is 486 g/mol. The van der Waals surface area contributed by atoms with Gasteiger partial charge in [0, 0.05) is 10.6 Å². The molecule has 0 aromatic heterocycles. The molecule has 1 heterocycles. The van der Waals surface area contributed by atoms with E-state index in [1.54, 1.807) is 12.1 Å². The smallest absolute Gasteiger partial charge is 0.416 e. The lowest BCUT2D eigenvalue weighted by Crippen LogP contribution is -2.26. The molecular weight excluding hydrogens is 471 g/mol. The van der Waals surface area contributed by atoms with Gasteiger partial charge in [0.15, 0.2) is 5.17 Å². The molecule has 0 aliphatic carbocycles. The minimum Gasteiger partial charge on any atom is -0.488 e. The first-order valence-electron chi connectivity index (χ1n) is 9.00. The van der Waals surface area contributed by atoms with Gasteiger partial charge in [-0.05, 0) is 35.9 Å². The number of nitrogens with zero attached hydrogens (tertiary/aromatic N) is 2. The number of carbonyl (C=O) groups excluding carboxylic acids is 1. The Bertz CT molecular complexity index is 1090. The van der Waals surface area contributed by atoms with Gasteiger partial charge in [0.1, 0.15) is 17.6 Å². The molecule has 2 aromatic carbocycles. The van der Waals surface area contributed by atoms with Crippen LogP contribution < -0.4 is 10.1 Å². The van der Waals surface area contributed by atoms with E-state index in [1.165, 1.54) is 24.4 Å². The van der Waals surface area contributed by atoms with Crippen molar-refractivity contribution in [2.24, 2.45) is 10.2 Å². The number of ether oxygens (including phenoxy) is 1. The van der Waals surface area contributed by atoms with Gasteiger partial charge in [-0.25, -0.2) is 0 Å². The fourth-order valence-electron chi connectivity index (χ4n) is 2.64. The van der Waals surface area contributed by atoms with Crippen molar-refractivity contribution in [2.75, 3.05) is 0 Å². The normalized spacial score (nSPS) is 17.7. The molecule has 3 rings (SSSR count). The first-order valence-corrected chi connectivity index (χ1v) is 10.3. The molecule has 0 radical (unpaired) electrons. The van der Waals surface area contributed by atoms with Gasteiger partial charge in [0.2, 0.25) is 5.91 Å². The fraction of sp³-hybridized carbons (Fsp3) is 0.200. The third-order valence-corrected chi connectivity index (χ3v) is 5.41. The van der Waals surface area contributed by atoms with Crippen molar-refractivity contribution < 1.29 is 32.6 Å². The molecular formula is C20H15ClF3N3O4S. The molecule has 1 unspecified atom stereocenters. The number of benzene rings is 2. The van der Waals surface area contributed by atoms with Crippen LogP contribution in [-0.4, -0.2) is 33.6 Å². The van der Waals surface area contributed by atoms with Crippen LogP contribution in [0.3, 0.4) is 0 Å². The van der Waals surface area contributed by atoms with Gasteiger partial charge in [0.25, 0.3) is 0 Å². The largest absolute Gasteiger partial charge is 0.488 e. The molecule has 2 aromatic rings. The summed E-state index contributed by atoms with van der Waals surface area (Å²) in [6, 6.07) is 9.41. The summed E-state index contributed by atoms with van der Waals surface area (Å²) in [6.07, 6.45) is -3.50. The molecule has 0 spiro atoms. The highest BCUT2D eigenvalue weighted by Crippen LogP contribution is 2.30. The molecule has 1 aliphatic rings. The maximum atomic E-state index is 12.9. The van der Waals surface area contributed by atoms with E-state index in [-0.39, 0.29) is 18.2 Å². The van der Waals surface area contributed by atoms with Crippen molar-refractivity contribution in [2.45, 2.75) is 24.5 Å². The van der Waals surface area contributed by atoms with Crippen molar-refractivity contribution in [3.05, 3.63) is 64.2 Å². The number of aliphatic carboxylic acids is 1. The predicted octanol–water partition coefficient (Wildman–Crippen LogP) is 4.33. The summed E-state index contributed by atoms with van der Waals surface area (Å²) in [7, 11) is 0. The maximum absolute atomic E-state index is 12.9. The average Bonchev–Trinajstić information content (AvgIpc) is 3.05. The lowest BCUT2D eigenvalue weighted by atomic mass is 10.1. The number of rotatable bonds is 7. The second-order valence-corrected chi connectivity index (χ2v) is 8.14. The molecule has 12 heteroatoms. The van der Waals surface area contributed by atoms with Crippen LogP contribution in [-0.2, 0) is 22.4 Å². The number of hydrogen-bond donors (Lipinski definition) is 2. The summed E-state index contributed by atoms with van der Waals surface area (Å²) < 4.78 is 44.3. The first kappa shape index (κ1) is 23.6. The third kappa shape index (κ3) is 6.47. The van der Waals surface area contributed by atoms with Crippen LogP contribution in [0.2, 0.25) is 5.02 Å². The summed E-state index contributed by atoms with van der Waals surface area (Å²) in [4.78, 5) is 22.5. The summed E-state index contributed by atoms with van der Waals surface area (Å²) in [6.45, 7) is -0.121. The molecule has 32 heavy (non-hydrogen) atoms. The van der Waals surface area contributed by atoms with Crippen LogP contribution in [0.15, 0.2) is 52.7 Å². The molecule has 0 bridgehead atoms. The summed E-state index contributed by atoms with van der Waals surface area (Å²) in [5.74, 6) is -1.27. The molecule has 2 N–H and O–H groups in total. The standard InChI is InChI=1S/C20H15ClF3N3O4S/c21-14-4-5-15(31-10-11-2-1-3-13(6-11)20(22,23)24)12(7-14)9-25-27-19-26-18(30)16(32-19)8-17(28)29/h1-7,9,16H,8,10H2,(H,28,29)(H,26,27,30). The van der Waals surface area contributed by atoms with Gasteiger partial charge in [-0.15, -0.1) is 5.10 Å². The number of hydrogen-bond acceptors (Lipinski definition) is 6. The van der Waals surface area contributed by atoms with E-state index in [0.29, 0.717) is 21.9 Å². The Hall–Kier alpha value is -3.05. The molecule has 0 saturated carbocycles. The quantitative estimate of drug-likeness (QED) is 0.449. The van der Waals surface area contributed by atoms with Crippen LogP contribution in [0.1, 0.15) is 23.1 Å². The molecule has 1 atom stereocenters. The number of halogens is 4. The lowest BCUT2D eigenvalue weighted by molar-refractivity contribution is -0.138. The number of amides is 1.